The first kappa shape index (κ1) is 13.6. The van der Waals surface area contributed by atoms with E-state index in [1.165, 1.54) is 0 Å². The Hall–Kier alpha value is -2.40. The van der Waals surface area contributed by atoms with E-state index in [2.05, 4.69) is 16.6 Å². The molecule has 0 bridgehead atoms. The Morgan fingerprint density at radius 2 is 2.19 bits per heavy atom. The van der Waals surface area contributed by atoms with Gasteiger partial charge in [0.1, 0.15) is 5.69 Å². The lowest BCUT2D eigenvalue weighted by atomic mass is 10.0. The van der Waals surface area contributed by atoms with Gasteiger partial charge in [-0.2, -0.15) is 0 Å². The van der Waals surface area contributed by atoms with Crippen LogP contribution in [0.4, 0.5) is 5.69 Å². The molecule has 3 rings (SSSR count). The fourth-order valence-electron chi connectivity index (χ4n) is 2.44. The van der Waals surface area contributed by atoms with Crippen LogP contribution in [0, 0.1) is 4.77 Å². The summed E-state index contributed by atoms with van der Waals surface area (Å²) in [6, 6.07) is 7.94. The molecule has 0 amide bonds. The highest BCUT2D eigenvalue weighted by Gasteiger charge is 2.18. The van der Waals surface area contributed by atoms with Crippen LogP contribution in [-0.4, -0.2) is 20.4 Å². The number of aromatic nitrogens is 2. The summed E-state index contributed by atoms with van der Waals surface area (Å²) in [6.07, 6.45) is 3.58. The van der Waals surface area contributed by atoms with Gasteiger partial charge in [0.15, 0.2) is 4.77 Å². The highest BCUT2D eigenvalue weighted by atomic mass is 32.1. The lowest BCUT2D eigenvalue weighted by molar-refractivity contribution is 0.424. The third-order valence-corrected chi connectivity index (χ3v) is 3.78. The average molecular weight is 297 g/mol. The molecule has 0 aliphatic carbocycles. The highest BCUT2D eigenvalue weighted by Crippen LogP contribution is 2.36. The molecule has 1 aromatic heterocycles. The van der Waals surface area contributed by atoms with Crippen LogP contribution in [-0.2, 0) is 6.54 Å². The molecule has 2 heterocycles. The van der Waals surface area contributed by atoms with E-state index in [-0.39, 0.29) is 5.88 Å². The predicted molar refractivity (Wildman–Crippen MR) is 88.6 cm³/mol. The maximum absolute atomic E-state index is 10.3. The molecular formula is C16H15N3OS. The van der Waals surface area contributed by atoms with E-state index in [4.69, 9.17) is 12.2 Å². The van der Waals surface area contributed by atoms with E-state index >= 15 is 0 Å². The van der Waals surface area contributed by atoms with Crippen molar-refractivity contribution >= 4 is 35.3 Å². The zero-order valence-electron chi connectivity index (χ0n) is 11.6. The number of hydrogen-bond donors (Lipinski definition) is 2. The van der Waals surface area contributed by atoms with Crippen LogP contribution in [0.1, 0.15) is 18.2 Å². The molecule has 1 aliphatic rings. The summed E-state index contributed by atoms with van der Waals surface area (Å²) in [5, 5.41) is 10.3. The minimum atomic E-state index is 0.115. The fourth-order valence-corrected chi connectivity index (χ4v) is 2.71. The number of rotatable bonds is 3. The number of nitrogens with zero attached hydrogens (tertiary/aromatic N) is 2. The molecule has 106 valence electrons. The van der Waals surface area contributed by atoms with Crippen molar-refractivity contribution in [1.29, 1.82) is 0 Å². The molecule has 21 heavy (non-hydrogen) atoms. The SMILES string of the molecule is C=CCn1c(O)c(/C=C2/C(C)=Nc3ccccc32)[nH]c1=S. The number of fused-ring (bicyclic) bond motifs is 1. The second kappa shape index (κ2) is 5.18. The monoisotopic (exact) mass is 297 g/mol. The summed E-state index contributed by atoms with van der Waals surface area (Å²) >= 11 is 5.21. The van der Waals surface area contributed by atoms with E-state index in [0.29, 0.717) is 17.0 Å². The molecule has 2 N–H and O–H groups in total. The molecule has 0 saturated carbocycles. The van der Waals surface area contributed by atoms with E-state index in [0.717, 1.165) is 22.5 Å². The molecule has 0 spiro atoms. The minimum absolute atomic E-state index is 0.115. The van der Waals surface area contributed by atoms with Crippen LogP contribution in [0.25, 0.3) is 11.6 Å². The minimum Gasteiger partial charge on any atom is -0.493 e. The molecule has 0 atom stereocenters. The number of aromatic hydroxyl groups is 1. The first-order chi connectivity index (χ1) is 10.1. The average Bonchev–Trinajstić information content (AvgIpc) is 2.92. The van der Waals surface area contributed by atoms with Crippen molar-refractivity contribution in [3.63, 3.8) is 0 Å². The zero-order valence-corrected chi connectivity index (χ0v) is 12.4. The van der Waals surface area contributed by atoms with Crippen LogP contribution < -0.4 is 0 Å². The van der Waals surface area contributed by atoms with Crippen LogP contribution in [0.3, 0.4) is 0 Å². The topological polar surface area (TPSA) is 53.3 Å². The molecule has 0 fully saturated rings. The van der Waals surface area contributed by atoms with Gasteiger partial charge in [0.25, 0.3) is 0 Å². The van der Waals surface area contributed by atoms with Crippen LogP contribution in [0.2, 0.25) is 0 Å². The lowest BCUT2D eigenvalue weighted by Crippen LogP contribution is -1.93. The van der Waals surface area contributed by atoms with Gasteiger partial charge >= 0.3 is 0 Å². The Morgan fingerprint density at radius 3 is 2.95 bits per heavy atom. The van der Waals surface area contributed by atoms with Gasteiger partial charge in [0.05, 0.1) is 5.69 Å². The van der Waals surface area contributed by atoms with Gasteiger partial charge < -0.3 is 10.1 Å². The number of hydrogen-bond acceptors (Lipinski definition) is 3. The Balaban J connectivity index is 2.12. The highest BCUT2D eigenvalue weighted by molar-refractivity contribution is 7.71. The molecule has 0 radical (unpaired) electrons. The van der Waals surface area contributed by atoms with E-state index in [1.54, 1.807) is 10.6 Å². The Kier molecular flexibility index (Phi) is 3.35. The van der Waals surface area contributed by atoms with Gasteiger partial charge in [-0.25, -0.2) is 0 Å². The van der Waals surface area contributed by atoms with Crippen LogP contribution in [0.5, 0.6) is 5.88 Å². The van der Waals surface area contributed by atoms with Crippen molar-refractivity contribution in [2.24, 2.45) is 4.99 Å². The Labute approximate surface area is 127 Å². The zero-order chi connectivity index (χ0) is 15.0. The summed E-state index contributed by atoms with van der Waals surface area (Å²) in [7, 11) is 0. The third kappa shape index (κ3) is 2.25. The second-order valence-corrected chi connectivity index (χ2v) is 5.23. The lowest BCUT2D eigenvalue weighted by Gasteiger charge is -2.02. The van der Waals surface area contributed by atoms with Gasteiger partial charge in [0.2, 0.25) is 5.88 Å². The number of nitrogens with one attached hydrogen (secondary N) is 1. The summed E-state index contributed by atoms with van der Waals surface area (Å²) < 4.78 is 2.07. The molecule has 2 aromatic rings. The van der Waals surface area contributed by atoms with Gasteiger partial charge in [-0.1, -0.05) is 24.3 Å². The van der Waals surface area contributed by atoms with Crippen molar-refractivity contribution in [2.45, 2.75) is 13.5 Å². The van der Waals surface area contributed by atoms with Crippen molar-refractivity contribution in [2.75, 3.05) is 0 Å². The number of imidazole rings is 1. The first-order valence-electron chi connectivity index (χ1n) is 6.61. The van der Waals surface area contributed by atoms with E-state index < -0.39 is 0 Å². The number of benzene rings is 1. The molecule has 1 aromatic carbocycles. The van der Waals surface area contributed by atoms with Gasteiger partial charge in [-0.3, -0.25) is 9.56 Å². The molecular weight excluding hydrogens is 282 g/mol. The number of aliphatic imine (C=N–C) groups is 1. The Bertz CT molecular complexity index is 839. The summed E-state index contributed by atoms with van der Waals surface area (Å²) in [5.41, 5.74) is 4.51. The number of aromatic amines is 1. The smallest absolute Gasteiger partial charge is 0.218 e. The predicted octanol–water partition coefficient (Wildman–Crippen LogP) is 4.08. The Morgan fingerprint density at radius 1 is 1.43 bits per heavy atom. The first-order valence-corrected chi connectivity index (χ1v) is 7.02. The quantitative estimate of drug-likeness (QED) is 0.662. The number of H-pyrrole nitrogens is 1. The second-order valence-electron chi connectivity index (χ2n) is 4.84. The molecule has 4 nitrogen and oxygen atoms in total. The van der Waals surface area contributed by atoms with Gasteiger partial charge in [-0.05, 0) is 31.3 Å². The maximum atomic E-state index is 10.3. The largest absolute Gasteiger partial charge is 0.493 e. The molecule has 0 saturated heterocycles. The standard InChI is InChI=1S/C16H15N3OS/c1-3-8-19-15(20)14(18-16(19)21)9-12-10(2)17-13-7-5-4-6-11(12)13/h3-7,9,20H,1,8H2,2H3,(H,18,21)/b12-9-. The van der Waals surface area contributed by atoms with Crippen molar-refractivity contribution in [3.8, 4) is 5.88 Å². The molecule has 5 heteroatoms. The number of para-hydroxylation sites is 1. The van der Waals surface area contributed by atoms with Crippen molar-refractivity contribution in [3.05, 3.63) is 52.9 Å². The van der Waals surface area contributed by atoms with Crippen LogP contribution in [0.15, 0.2) is 41.9 Å². The normalized spacial score (nSPS) is 15.1. The van der Waals surface area contributed by atoms with Crippen molar-refractivity contribution in [1.82, 2.24) is 9.55 Å². The van der Waals surface area contributed by atoms with Gasteiger partial charge in [-0.15, -0.1) is 6.58 Å². The summed E-state index contributed by atoms with van der Waals surface area (Å²) in [4.78, 5) is 7.55. The number of allylic oxidation sites excluding steroid dienone is 2. The van der Waals surface area contributed by atoms with Gasteiger partial charge in [0, 0.05) is 23.4 Å². The maximum Gasteiger partial charge on any atom is 0.218 e. The summed E-state index contributed by atoms with van der Waals surface area (Å²) in [5.74, 6) is 0.115. The van der Waals surface area contributed by atoms with Crippen molar-refractivity contribution < 1.29 is 5.11 Å². The van der Waals surface area contributed by atoms with E-state index in [1.807, 2.05) is 37.3 Å². The summed E-state index contributed by atoms with van der Waals surface area (Å²) in [6.45, 7) is 6.09. The van der Waals surface area contributed by atoms with E-state index in [9.17, 15) is 5.11 Å². The third-order valence-electron chi connectivity index (χ3n) is 3.46. The molecule has 0 unspecified atom stereocenters. The fraction of sp³-hybridized carbons (Fsp3) is 0.125. The molecule has 1 aliphatic heterocycles. The van der Waals surface area contributed by atoms with Crippen LogP contribution >= 0.6 is 12.2 Å².